The average Bonchev–Trinajstić information content (AvgIpc) is 3.22. The van der Waals surface area contributed by atoms with Gasteiger partial charge in [-0.25, -0.2) is 0 Å². The van der Waals surface area contributed by atoms with Crippen LogP contribution in [0.3, 0.4) is 0 Å². The number of benzene rings is 1. The van der Waals surface area contributed by atoms with Gasteiger partial charge in [0.1, 0.15) is 0 Å². The van der Waals surface area contributed by atoms with Crippen LogP contribution in [0.15, 0.2) is 24.3 Å². The van der Waals surface area contributed by atoms with Crippen molar-refractivity contribution in [1.29, 1.82) is 0 Å². The Hall–Kier alpha value is -1.65. The van der Waals surface area contributed by atoms with E-state index in [1.807, 2.05) is 6.07 Å². The van der Waals surface area contributed by atoms with Crippen LogP contribution < -0.4 is 9.47 Å². The van der Waals surface area contributed by atoms with Crippen molar-refractivity contribution >= 4 is 0 Å². The van der Waals surface area contributed by atoms with Crippen molar-refractivity contribution in [2.45, 2.75) is 70.8 Å². The van der Waals surface area contributed by atoms with Gasteiger partial charge in [-0.1, -0.05) is 18.2 Å². The van der Waals surface area contributed by atoms with Gasteiger partial charge >= 0.3 is 6.36 Å². The van der Waals surface area contributed by atoms with E-state index in [9.17, 15) is 13.2 Å². The minimum Gasteiger partial charge on any atom is -0.487 e. The molecule has 1 aromatic rings. The lowest BCUT2D eigenvalue weighted by Crippen LogP contribution is -2.20. The van der Waals surface area contributed by atoms with Crippen LogP contribution >= 0.6 is 0 Å². The Labute approximate surface area is 147 Å². The highest BCUT2D eigenvalue weighted by Crippen LogP contribution is 2.39. The minimum atomic E-state index is -4.72. The summed E-state index contributed by atoms with van der Waals surface area (Å²) in [5.74, 6) is 0.745. The predicted octanol–water partition coefficient (Wildman–Crippen LogP) is 6.11. The number of aryl methyl sites for hydroxylation is 1. The first-order valence-electron chi connectivity index (χ1n) is 9.14. The fraction of sp³-hybridized carbons (Fsp3) is 0.600. The molecule has 138 valence electrons. The van der Waals surface area contributed by atoms with E-state index >= 15 is 0 Å². The number of halogens is 3. The molecule has 0 saturated heterocycles. The van der Waals surface area contributed by atoms with Crippen LogP contribution in [-0.2, 0) is 6.42 Å². The maximum absolute atomic E-state index is 12.9. The number of hydrogen-bond donors (Lipinski definition) is 0. The van der Waals surface area contributed by atoms with Gasteiger partial charge < -0.3 is 9.47 Å². The van der Waals surface area contributed by atoms with Crippen molar-refractivity contribution in [3.05, 3.63) is 35.4 Å². The largest absolute Gasteiger partial charge is 0.573 e. The van der Waals surface area contributed by atoms with E-state index in [-0.39, 0.29) is 17.6 Å². The molecule has 1 aromatic carbocycles. The standard InChI is InChI=1S/C20H25F3O2/c1-14-16(7-3-2-6-15-10-11-15)12-13-18(19(14)25-20(21,22)23)24-17-8-4-5-9-17/h2,6,12-13,15,17H,3-5,7-11H2,1H3/b6-2+. The summed E-state index contributed by atoms with van der Waals surface area (Å²) in [6, 6.07) is 3.50. The molecule has 0 radical (unpaired) electrons. The van der Waals surface area contributed by atoms with E-state index in [4.69, 9.17) is 4.74 Å². The molecule has 0 N–H and O–H groups in total. The van der Waals surface area contributed by atoms with Crippen LogP contribution in [0.4, 0.5) is 13.2 Å². The SMILES string of the molecule is Cc1c(CC/C=C/C2CC2)ccc(OC2CCCC2)c1OC(F)(F)F. The van der Waals surface area contributed by atoms with Crippen molar-refractivity contribution in [3.63, 3.8) is 0 Å². The fourth-order valence-corrected chi connectivity index (χ4v) is 3.32. The van der Waals surface area contributed by atoms with E-state index < -0.39 is 6.36 Å². The normalized spacial score (nSPS) is 18.9. The third kappa shape index (κ3) is 5.41. The lowest BCUT2D eigenvalue weighted by Gasteiger charge is -2.21. The van der Waals surface area contributed by atoms with Crippen LogP contribution in [0.2, 0.25) is 0 Å². The van der Waals surface area contributed by atoms with Crippen LogP contribution in [0.5, 0.6) is 11.5 Å². The second-order valence-electron chi connectivity index (χ2n) is 7.05. The zero-order valence-corrected chi connectivity index (χ0v) is 14.6. The highest BCUT2D eigenvalue weighted by atomic mass is 19.4. The molecular formula is C20H25F3O2. The van der Waals surface area contributed by atoms with Gasteiger partial charge in [-0.3, -0.25) is 0 Å². The van der Waals surface area contributed by atoms with Crippen LogP contribution in [0.25, 0.3) is 0 Å². The minimum absolute atomic E-state index is 0.0118. The van der Waals surface area contributed by atoms with E-state index in [1.54, 1.807) is 13.0 Å². The van der Waals surface area contributed by atoms with Crippen LogP contribution in [0, 0.1) is 12.8 Å². The molecule has 2 fully saturated rings. The molecule has 0 aliphatic heterocycles. The third-order valence-electron chi connectivity index (χ3n) is 4.91. The first-order chi connectivity index (χ1) is 11.9. The van der Waals surface area contributed by atoms with Crippen molar-refractivity contribution in [2.75, 3.05) is 0 Å². The smallest absolute Gasteiger partial charge is 0.487 e. The summed E-state index contributed by atoms with van der Waals surface area (Å²) in [5, 5.41) is 0. The molecule has 2 saturated carbocycles. The molecule has 0 atom stereocenters. The molecule has 2 nitrogen and oxygen atoms in total. The van der Waals surface area contributed by atoms with Gasteiger partial charge in [0.2, 0.25) is 0 Å². The Kier molecular flexibility index (Phi) is 5.60. The van der Waals surface area contributed by atoms with Crippen molar-refractivity contribution in [1.82, 2.24) is 0 Å². The number of hydrogen-bond acceptors (Lipinski definition) is 2. The van der Waals surface area contributed by atoms with Crippen LogP contribution in [-0.4, -0.2) is 12.5 Å². The molecule has 2 aliphatic rings. The Bertz CT molecular complexity index is 612. The quantitative estimate of drug-likeness (QED) is 0.550. The number of rotatable bonds is 7. The molecule has 0 bridgehead atoms. The molecule has 0 amide bonds. The molecule has 0 aromatic heterocycles. The van der Waals surface area contributed by atoms with E-state index in [0.29, 0.717) is 17.9 Å². The first kappa shape index (κ1) is 18.2. The highest BCUT2D eigenvalue weighted by Gasteiger charge is 2.34. The zero-order valence-electron chi connectivity index (χ0n) is 14.6. The van der Waals surface area contributed by atoms with Gasteiger partial charge in [0, 0.05) is 0 Å². The first-order valence-corrected chi connectivity index (χ1v) is 9.14. The maximum Gasteiger partial charge on any atom is 0.573 e. The lowest BCUT2D eigenvalue weighted by atomic mass is 10.0. The molecular weight excluding hydrogens is 329 g/mol. The molecule has 0 unspecified atom stereocenters. The van der Waals surface area contributed by atoms with E-state index in [1.165, 1.54) is 12.8 Å². The molecule has 25 heavy (non-hydrogen) atoms. The molecule has 0 heterocycles. The number of alkyl halides is 3. The fourth-order valence-electron chi connectivity index (χ4n) is 3.32. The zero-order chi connectivity index (χ0) is 17.9. The second-order valence-corrected chi connectivity index (χ2v) is 7.05. The van der Waals surface area contributed by atoms with Gasteiger partial charge in [0.15, 0.2) is 11.5 Å². The predicted molar refractivity (Wildman–Crippen MR) is 90.9 cm³/mol. The molecule has 5 heteroatoms. The number of allylic oxidation sites excluding steroid dienone is 2. The summed E-state index contributed by atoms with van der Waals surface area (Å²) < 4.78 is 48.7. The summed E-state index contributed by atoms with van der Waals surface area (Å²) in [7, 11) is 0. The Morgan fingerprint density at radius 1 is 1.12 bits per heavy atom. The Balaban J connectivity index is 1.75. The van der Waals surface area contributed by atoms with Crippen molar-refractivity contribution in [3.8, 4) is 11.5 Å². The maximum atomic E-state index is 12.9. The highest BCUT2D eigenvalue weighted by molar-refractivity contribution is 5.50. The number of ether oxygens (including phenoxy) is 2. The summed E-state index contributed by atoms with van der Waals surface area (Å²) in [6.45, 7) is 1.68. The summed E-state index contributed by atoms with van der Waals surface area (Å²) in [6.07, 6.45) is 7.54. The molecule has 3 rings (SSSR count). The van der Waals surface area contributed by atoms with Crippen molar-refractivity contribution in [2.24, 2.45) is 5.92 Å². The Morgan fingerprint density at radius 2 is 1.84 bits per heavy atom. The van der Waals surface area contributed by atoms with Crippen LogP contribution in [0.1, 0.15) is 56.1 Å². The van der Waals surface area contributed by atoms with Gasteiger partial charge in [-0.05, 0) is 81.4 Å². The Morgan fingerprint density at radius 3 is 2.48 bits per heavy atom. The van der Waals surface area contributed by atoms with Gasteiger partial charge in [0.25, 0.3) is 0 Å². The summed E-state index contributed by atoms with van der Waals surface area (Å²) >= 11 is 0. The van der Waals surface area contributed by atoms with Gasteiger partial charge in [0.05, 0.1) is 6.10 Å². The molecule has 2 aliphatic carbocycles. The van der Waals surface area contributed by atoms with Gasteiger partial charge in [-0.15, -0.1) is 13.2 Å². The monoisotopic (exact) mass is 354 g/mol. The summed E-state index contributed by atoms with van der Waals surface area (Å²) in [4.78, 5) is 0. The third-order valence-corrected chi connectivity index (χ3v) is 4.91. The molecule has 0 spiro atoms. The van der Waals surface area contributed by atoms with E-state index in [0.717, 1.165) is 37.7 Å². The van der Waals surface area contributed by atoms with Gasteiger partial charge in [-0.2, -0.15) is 0 Å². The average molecular weight is 354 g/mol. The summed E-state index contributed by atoms with van der Waals surface area (Å²) in [5.41, 5.74) is 1.39. The second kappa shape index (κ2) is 7.71. The topological polar surface area (TPSA) is 18.5 Å². The van der Waals surface area contributed by atoms with Crippen molar-refractivity contribution < 1.29 is 22.6 Å². The lowest BCUT2D eigenvalue weighted by molar-refractivity contribution is -0.275. The van der Waals surface area contributed by atoms with E-state index in [2.05, 4.69) is 16.9 Å².